The average molecular weight is 213 g/mol. The van der Waals surface area contributed by atoms with Crippen molar-refractivity contribution in [1.29, 1.82) is 0 Å². The van der Waals surface area contributed by atoms with E-state index in [0.717, 1.165) is 19.4 Å². The molecular weight excluding hydrogens is 194 g/mol. The highest BCUT2D eigenvalue weighted by Crippen LogP contribution is 2.08. The number of guanidine groups is 1. The van der Waals surface area contributed by atoms with Gasteiger partial charge in [-0.1, -0.05) is 6.42 Å². The monoisotopic (exact) mass is 213 g/mol. The lowest BCUT2D eigenvalue weighted by Crippen LogP contribution is -2.43. The number of rotatable bonds is 5. The highest BCUT2D eigenvalue weighted by Gasteiger charge is 2.15. The topological polar surface area (TPSA) is 96.7 Å². The van der Waals surface area contributed by atoms with Crippen molar-refractivity contribution >= 4 is 12.2 Å². The Labute approximate surface area is 89.7 Å². The van der Waals surface area contributed by atoms with Crippen LogP contribution in [0.1, 0.15) is 19.3 Å². The number of hydrazone groups is 1. The Morgan fingerprint density at radius 1 is 1.40 bits per heavy atom. The maximum absolute atomic E-state index is 10.8. The van der Waals surface area contributed by atoms with Crippen molar-refractivity contribution in [2.45, 2.75) is 25.3 Å². The second-order valence-electron chi connectivity index (χ2n) is 3.77. The zero-order chi connectivity index (χ0) is 11.1. The Morgan fingerprint density at radius 2 is 2.07 bits per heavy atom. The van der Waals surface area contributed by atoms with Crippen molar-refractivity contribution in [3.05, 3.63) is 0 Å². The van der Waals surface area contributed by atoms with Gasteiger partial charge in [-0.05, 0) is 25.9 Å². The van der Waals surface area contributed by atoms with Crippen molar-refractivity contribution in [3.8, 4) is 0 Å². The van der Waals surface area contributed by atoms with Crippen molar-refractivity contribution < 1.29 is 4.79 Å². The molecule has 0 aromatic rings. The van der Waals surface area contributed by atoms with Gasteiger partial charge in [0.15, 0.2) is 0 Å². The minimum absolute atomic E-state index is 0.0551. The Balaban J connectivity index is 2.31. The molecule has 0 radical (unpaired) electrons. The van der Waals surface area contributed by atoms with E-state index in [2.05, 4.69) is 15.4 Å². The third kappa shape index (κ3) is 4.64. The van der Waals surface area contributed by atoms with Crippen LogP contribution in [-0.4, -0.2) is 42.8 Å². The molecule has 0 spiro atoms. The second-order valence-corrected chi connectivity index (χ2v) is 3.77. The van der Waals surface area contributed by atoms with E-state index < -0.39 is 0 Å². The lowest BCUT2D eigenvalue weighted by atomic mass is 10.1. The first-order valence-electron chi connectivity index (χ1n) is 5.24. The predicted molar refractivity (Wildman–Crippen MR) is 59.1 cm³/mol. The van der Waals surface area contributed by atoms with Crippen LogP contribution in [0.5, 0.6) is 0 Å². The van der Waals surface area contributed by atoms with Gasteiger partial charge < -0.3 is 21.2 Å². The molecule has 1 aliphatic heterocycles. The molecule has 0 bridgehead atoms. The predicted octanol–water partition coefficient (Wildman–Crippen LogP) is -1.18. The number of hydrogen-bond acceptors (Lipinski definition) is 4. The molecule has 0 aromatic heterocycles. The van der Waals surface area contributed by atoms with Crippen LogP contribution in [0.25, 0.3) is 0 Å². The zero-order valence-electron chi connectivity index (χ0n) is 8.85. The maximum Gasteiger partial charge on any atom is 0.208 e. The molecule has 0 aromatic carbocycles. The van der Waals surface area contributed by atoms with Gasteiger partial charge in [0.25, 0.3) is 0 Å². The normalized spacial score (nSPS) is 19.2. The summed E-state index contributed by atoms with van der Waals surface area (Å²) >= 11 is 0. The average Bonchev–Trinajstić information content (AvgIpc) is 2.25. The highest BCUT2D eigenvalue weighted by molar-refractivity contribution is 5.75. The molecule has 6 nitrogen and oxygen atoms in total. The lowest BCUT2D eigenvalue weighted by Gasteiger charge is -2.28. The fourth-order valence-corrected chi connectivity index (χ4v) is 1.69. The first-order valence-corrected chi connectivity index (χ1v) is 5.24. The SMILES string of the molecule is NC(N)=NN[C@H](C=O)CN1CCCCC1. The van der Waals surface area contributed by atoms with Gasteiger partial charge >= 0.3 is 0 Å². The fraction of sp³-hybridized carbons (Fsp3) is 0.778. The fourth-order valence-electron chi connectivity index (χ4n) is 1.69. The number of piperidine rings is 1. The van der Waals surface area contributed by atoms with Crippen molar-refractivity contribution in [2.75, 3.05) is 19.6 Å². The first kappa shape index (κ1) is 11.8. The molecule has 1 atom stereocenters. The van der Waals surface area contributed by atoms with E-state index >= 15 is 0 Å². The molecule has 0 amide bonds. The largest absolute Gasteiger partial charge is 0.369 e. The summed E-state index contributed by atoms with van der Waals surface area (Å²) in [6.45, 7) is 2.77. The molecule has 1 saturated heterocycles. The van der Waals surface area contributed by atoms with Gasteiger partial charge in [-0.15, -0.1) is 5.10 Å². The molecule has 1 aliphatic rings. The van der Waals surface area contributed by atoms with Crippen LogP contribution in [0.3, 0.4) is 0 Å². The van der Waals surface area contributed by atoms with Crippen LogP contribution in [0.4, 0.5) is 0 Å². The summed E-state index contributed by atoms with van der Waals surface area (Å²) in [5.74, 6) is -0.0551. The summed E-state index contributed by atoms with van der Waals surface area (Å²) in [5, 5.41) is 3.63. The van der Waals surface area contributed by atoms with Crippen LogP contribution in [-0.2, 0) is 4.79 Å². The van der Waals surface area contributed by atoms with Gasteiger partial charge in [0.05, 0.1) is 0 Å². The summed E-state index contributed by atoms with van der Waals surface area (Å²) in [5.41, 5.74) is 13.0. The Bertz CT molecular complexity index is 221. The van der Waals surface area contributed by atoms with Crippen LogP contribution >= 0.6 is 0 Å². The van der Waals surface area contributed by atoms with E-state index in [0.29, 0.717) is 6.54 Å². The van der Waals surface area contributed by atoms with Gasteiger partial charge in [-0.3, -0.25) is 5.43 Å². The number of carbonyl (C=O) groups is 1. The summed E-state index contributed by atoms with van der Waals surface area (Å²) in [4.78, 5) is 13.0. The van der Waals surface area contributed by atoms with Crippen LogP contribution in [0, 0.1) is 0 Å². The van der Waals surface area contributed by atoms with E-state index in [1.165, 1.54) is 19.3 Å². The summed E-state index contributed by atoms with van der Waals surface area (Å²) in [6.07, 6.45) is 4.52. The van der Waals surface area contributed by atoms with Crippen molar-refractivity contribution in [3.63, 3.8) is 0 Å². The molecule has 6 heteroatoms. The molecule has 1 heterocycles. The third-order valence-electron chi connectivity index (χ3n) is 2.43. The number of aldehydes is 1. The lowest BCUT2D eigenvalue weighted by molar-refractivity contribution is -0.110. The quantitative estimate of drug-likeness (QED) is 0.231. The molecule has 0 aliphatic carbocycles. The van der Waals surface area contributed by atoms with E-state index in [1.807, 2.05) is 0 Å². The van der Waals surface area contributed by atoms with Crippen LogP contribution in [0.2, 0.25) is 0 Å². The number of likely N-dealkylation sites (tertiary alicyclic amines) is 1. The smallest absolute Gasteiger partial charge is 0.208 e. The molecule has 0 unspecified atom stereocenters. The van der Waals surface area contributed by atoms with Gasteiger partial charge in [-0.2, -0.15) is 0 Å². The van der Waals surface area contributed by atoms with Crippen LogP contribution < -0.4 is 16.9 Å². The Kier molecular flexibility index (Phi) is 4.89. The highest BCUT2D eigenvalue weighted by atomic mass is 16.1. The third-order valence-corrected chi connectivity index (χ3v) is 2.43. The number of nitrogens with zero attached hydrogens (tertiary/aromatic N) is 2. The molecule has 1 rings (SSSR count). The van der Waals surface area contributed by atoms with Gasteiger partial charge in [0, 0.05) is 6.54 Å². The van der Waals surface area contributed by atoms with Gasteiger partial charge in [-0.25, -0.2) is 0 Å². The van der Waals surface area contributed by atoms with E-state index in [9.17, 15) is 4.79 Å². The summed E-state index contributed by atoms with van der Waals surface area (Å²) in [7, 11) is 0. The zero-order valence-corrected chi connectivity index (χ0v) is 8.85. The number of hydrogen-bond donors (Lipinski definition) is 3. The first-order chi connectivity index (χ1) is 7.22. The van der Waals surface area contributed by atoms with Crippen LogP contribution in [0.15, 0.2) is 5.10 Å². The number of nitrogens with two attached hydrogens (primary N) is 2. The number of carbonyl (C=O) groups excluding carboxylic acids is 1. The van der Waals surface area contributed by atoms with E-state index in [4.69, 9.17) is 11.5 Å². The maximum atomic E-state index is 10.8. The summed E-state index contributed by atoms with van der Waals surface area (Å²) < 4.78 is 0. The Morgan fingerprint density at radius 3 is 2.60 bits per heavy atom. The summed E-state index contributed by atoms with van der Waals surface area (Å²) in [6, 6.07) is -0.329. The van der Waals surface area contributed by atoms with E-state index in [1.54, 1.807) is 0 Å². The second kappa shape index (κ2) is 6.23. The van der Waals surface area contributed by atoms with Gasteiger partial charge in [0.1, 0.15) is 12.3 Å². The van der Waals surface area contributed by atoms with Crippen molar-refractivity contribution in [2.24, 2.45) is 16.6 Å². The van der Waals surface area contributed by atoms with Crippen molar-refractivity contribution in [1.82, 2.24) is 10.3 Å². The molecular formula is C9H19N5O. The standard InChI is InChI=1S/C9H19N5O/c10-9(11)13-12-8(7-15)6-14-4-2-1-3-5-14/h7-8,12H,1-6H2,(H4,10,11,13)/t8-/m0/s1. The minimum atomic E-state index is -0.329. The molecule has 5 N–H and O–H groups in total. The molecule has 1 fully saturated rings. The molecule has 86 valence electrons. The number of nitrogens with one attached hydrogen (secondary N) is 1. The minimum Gasteiger partial charge on any atom is -0.369 e. The van der Waals surface area contributed by atoms with E-state index in [-0.39, 0.29) is 12.0 Å². The molecule has 15 heavy (non-hydrogen) atoms. The Hall–Kier alpha value is -1.30. The molecule has 0 saturated carbocycles. The van der Waals surface area contributed by atoms with Gasteiger partial charge in [0.2, 0.25) is 5.96 Å².